The summed E-state index contributed by atoms with van der Waals surface area (Å²) in [6.45, 7) is 1.68. The second kappa shape index (κ2) is 5.24. The van der Waals surface area contributed by atoms with Crippen LogP contribution in [0.4, 0.5) is 5.13 Å². The fourth-order valence-electron chi connectivity index (χ4n) is 1.97. The molecule has 0 amide bonds. The molecule has 0 saturated heterocycles. The highest BCUT2D eigenvalue weighted by molar-refractivity contribution is 7.93. The van der Waals surface area contributed by atoms with Gasteiger partial charge in [-0.1, -0.05) is 6.92 Å². The van der Waals surface area contributed by atoms with Crippen LogP contribution in [0.15, 0.2) is 0 Å². The number of hydrogen-bond donors (Lipinski definition) is 1. The molecule has 1 heterocycles. The largest absolute Gasteiger partial charge is 0.258 e. The van der Waals surface area contributed by atoms with Gasteiger partial charge in [0.15, 0.2) is 10.4 Å². The molecule has 1 aliphatic carbocycles. The maximum Gasteiger partial charge on any atom is 0.250 e. The molecular weight excluding hydrogens is 270 g/mol. The Balaban J connectivity index is 2.19. The normalized spacial score (nSPS) is 16.7. The molecule has 0 spiro atoms. The minimum absolute atomic E-state index is 0.275. The highest BCUT2D eigenvalue weighted by Gasteiger charge is 2.25. The van der Waals surface area contributed by atoms with Crippen LogP contribution in [0, 0.1) is 11.3 Å². The van der Waals surface area contributed by atoms with E-state index in [0.717, 1.165) is 31.4 Å². The molecule has 1 aliphatic rings. The zero-order valence-corrected chi connectivity index (χ0v) is 11.8. The molecule has 98 valence electrons. The molecule has 5 nitrogen and oxygen atoms in total. The number of nitriles is 1. The van der Waals surface area contributed by atoms with Crippen molar-refractivity contribution < 1.29 is 8.42 Å². The van der Waals surface area contributed by atoms with Gasteiger partial charge >= 0.3 is 0 Å². The molecule has 0 aliphatic heterocycles. The molecule has 0 bridgehead atoms. The fourth-order valence-corrected chi connectivity index (χ4v) is 4.39. The van der Waals surface area contributed by atoms with Gasteiger partial charge in [-0.15, -0.1) is 11.3 Å². The molecule has 1 aromatic rings. The first-order valence-electron chi connectivity index (χ1n) is 5.96. The van der Waals surface area contributed by atoms with Crippen LogP contribution in [0.25, 0.3) is 0 Å². The molecule has 1 N–H and O–H groups in total. The molecule has 1 unspecified atom stereocenters. The van der Waals surface area contributed by atoms with E-state index in [9.17, 15) is 8.42 Å². The predicted octanol–water partition coefficient (Wildman–Crippen LogP) is 2.07. The molecule has 1 atom stereocenters. The van der Waals surface area contributed by atoms with Crippen molar-refractivity contribution in [3.05, 3.63) is 10.6 Å². The Hall–Kier alpha value is -1.13. The minimum atomic E-state index is -3.64. The van der Waals surface area contributed by atoms with Crippen LogP contribution in [0.3, 0.4) is 0 Å². The van der Waals surface area contributed by atoms with Gasteiger partial charge in [0, 0.05) is 4.88 Å². The zero-order valence-electron chi connectivity index (χ0n) is 10.1. The maximum absolute atomic E-state index is 11.9. The van der Waals surface area contributed by atoms with Crippen molar-refractivity contribution in [3.63, 3.8) is 0 Å². The van der Waals surface area contributed by atoms with Crippen LogP contribution in [0.5, 0.6) is 0 Å². The molecule has 7 heteroatoms. The molecule has 1 aromatic heterocycles. The number of sulfonamides is 1. The van der Waals surface area contributed by atoms with E-state index in [-0.39, 0.29) is 6.42 Å². The lowest BCUT2D eigenvalue weighted by molar-refractivity contribution is 0.592. The third-order valence-corrected chi connectivity index (χ3v) is 5.83. The zero-order chi connectivity index (χ0) is 13.2. The number of anilines is 1. The Morgan fingerprint density at radius 2 is 2.22 bits per heavy atom. The maximum atomic E-state index is 11.9. The van der Waals surface area contributed by atoms with Crippen LogP contribution in [-0.2, 0) is 22.9 Å². The summed E-state index contributed by atoms with van der Waals surface area (Å²) in [5.74, 6) is 0. The Kier molecular flexibility index (Phi) is 3.88. The third-order valence-electron chi connectivity index (χ3n) is 2.96. The lowest BCUT2D eigenvalue weighted by Crippen LogP contribution is -2.25. The summed E-state index contributed by atoms with van der Waals surface area (Å²) >= 11 is 1.39. The summed E-state index contributed by atoms with van der Waals surface area (Å²) in [5, 5.41) is 8.20. The number of fused-ring (bicyclic) bond motifs is 1. The van der Waals surface area contributed by atoms with Crippen molar-refractivity contribution in [1.29, 1.82) is 5.26 Å². The van der Waals surface area contributed by atoms with Crippen molar-refractivity contribution in [1.82, 2.24) is 4.98 Å². The van der Waals surface area contributed by atoms with E-state index in [1.54, 1.807) is 13.0 Å². The number of thiazole rings is 1. The molecule has 0 fully saturated rings. The van der Waals surface area contributed by atoms with E-state index >= 15 is 0 Å². The third kappa shape index (κ3) is 2.65. The molecular formula is C11H15N3O2S2. The Morgan fingerprint density at radius 3 is 2.83 bits per heavy atom. The number of nitrogens with zero attached hydrogens (tertiary/aromatic N) is 2. The molecule has 0 saturated carbocycles. The highest BCUT2D eigenvalue weighted by Crippen LogP contribution is 2.30. The number of nitrogens with one attached hydrogen (secondary N) is 1. The first kappa shape index (κ1) is 13.3. The first-order chi connectivity index (χ1) is 8.56. The average molecular weight is 285 g/mol. The van der Waals surface area contributed by atoms with Crippen molar-refractivity contribution in [2.24, 2.45) is 0 Å². The number of aryl methyl sites for hydroxylation is 2. The van der Waals surface area contributed by atoms with E-state index in [1.165, 1.54) is 16.2 Å². The summed E-state index contributed by atoms with van der Waals surface area (Å²) in [4.78, 5) is 5.48. The van der Waals surface area contributed by atoms with Gasteiger partial charge in [-0.2, -0.15) is 5.26 Å². The van der Waals surface area contributed by atoms with Crippen molar-refractivity contribution in [2.75, 3.05) is 4.72 Å². The van der Waals surface area contributed by atoms with E-state index in [4.69, 9.17) is 5.26 Å². The molecule has 0 radical (unpaired) electrons. The van der Waals surface area contributed by atoms with Gasteiger partial charge in [-0.05, 0) is 32.1 Å². The molecule has 0 aromatic carbocycles. The Labute approximate surface area is 111 Å². The summed E-state index contributed by atoms with van der Waals surface area (Å²) in [6, 6.07) is 1.80. The van der Waals surface area contributed by atoms with Crippen LogP contribution < -0.4 is 4.72 Å². The van der Waals surface area contributed by atoms with Gasteiger partial charge in [0.05, 0.1) is 11.8 Å². The van der Waals surface area contributed by atoms with Gasteiger partial charge in [-0.3, -0.25) is 4.72 Å². The van der Waals surface area contributed by atoms with Crippen LogP contribution in [0.2, 0.25) is 0 Å². The van der Waals surface area contributed by atoms with Gasteiger partial charge < -0.3 is 0 Å². The number of aromatic nitrogens is 1. The minimum Gasteiger partial charge on any atom is -0.258 e. The van der Waals surface area contributed by atoms with Crippen LogP contribution in [-0.4, -0.2) is 18.7 Å². The van der Waals surface area contributed by atoms with Crippen molar-refractivity contribution in [2.45, 2.75) is 44.3 Å². The summed E-state index contributed by atoms with van der Waals surface area (Å²) < 4.78 is 26.3. The average Bonchev–Trinajstić information content (AvgIpc) is 2.71. The predicted molar refractivity (Wildman–Crippen MR) is 71.0 cm³/mol. The first-order valence-corrected chi connectivity index (χ1v) is 8.33. The lowest BCUT2D eigenvalue weighted by atomic mass is 10.0. The van der Waals surface area contributed by atoms with Gasteiger partial charge in [0.1, 0.15) is 0 Å². The SMILES string of the molecule is CCC(C#N)S(=O)(=O)Nc1nc2c(s1)CCCC2. The smallest absolute Gasteiger partial charge is 0.250 e. The van der Waals surface area contributed by atoms with Crippen molar-refractivity contribution in [3.8, 4) is 6.07 Å². The van der Waals surface area contributed by atoms with E-state index in [1.807, 2.05) is 0 Å². The van der Waals surface area contributed by atoms with E-state index < -0.39 is 15.3 Å². The van der Waals surface area contributed by atoms with Gasteiger partial charge in [0.2, 0.25) is 0 Å². The fraction of sp³-hybridized carbons (Fsp3) is 0.636. The van der Waals surface area contributed by atoms with E-state index in [2.05, 4.69) is 9.71 Å². The van der Waals surface area contributed by atoms with Crippen LogP contribution in [0.1, 0.15) is 36.8 Å². The second-order valence-corrected chi connectivity index (χ2v) is 7.22. The molecule has 18 heavy (non-hydrogen) atoms. The van der Waals surface area contributed by atoms with Crippen molar-refractivity contribution >= 4 is 26.5 Å². The van der Waals surface area contributed by atoms with Gasteiger partial charge in [0.25, 0.3) is 10.0 Å². The summed E-state index contributed by atoms with van der Waals surface area (Å²) in [6.07, 6.45) is 4.42. The topological polar surface area (TPSA) is 82.8 Å². The Morgan fingerprint density at radius 1 is 1.50 bits per heavy atom. The summed E-state index contributed by atoms with van der Waals surface area (Å²) in [5.41, 5.74) is 1.01. The van der Waals surface area contributed by atoms with E-state index in [0.29, 0.717) is 5.13 Å². The quantitative estimate of drug-likeness (QED) is 0.918. The highest BCUT2D eigenvalue weighted by atomic mass is 32.2. The lowest BCUT2D eigenvalue weighted by Gasteiger charge is -2.08. The molecule has 2 rings (SSSR count). The summed E-state index contributed by atoms with van der Waals surface area (Å²) in [7, 11) is -3.64. The second-order valence-electron chi connectivity index (χ2n) is 4.27. The number of rotatable bonds is 4. The monoisotopic (exact) mass is 285 g/mol. The van der Waals surface area contributed by atoms with Gasteiger partial charge in [-0.25, -0.2) is 13.4 Å². The Bertz CT molecular complexity index is 548. The standard InChI is InChI=1S/C11H15N3O2S2/c1-2-8(7-12)18(15,16)14-11-13-9-5-3-4-6-10(9)17-11/h8H,2-6H2,1H3,(H,13,14). The number of hydrogen-bond acceptors (Lipinski definition) is 5. The van der Waals surface area contributed by atoms with Crippen LogP contribution >= 0.6 is 11.3 Å².